The highest BCUT2D eigenvalue weighted by Crippen LogP contribution is 2.29. The van der Waals surface area contributed by atoms with Crippen molar-refractivity contribution in [3.8, 4) is 28.5 Å². The zero-order valence-corrected chi connectivity index (χ0v) is 13.6. The Kier molecular flexibility index (Phi) is 3.63. The molecule has 122 valence electrons. The summed E-state index contributed by atoms with van der Waals surface area (Å²) in [7, 11) is 1.87. The summed E-state index contributed by atoms with van der Waals surface area (Å²) < 4.78 is 1.74. The van der Waals surface area contributed by atoms with Crippen LogP contribution in [0.5, 0.6) is 0 Å². The lowest BCUT2D eigenvalue weighted by atomic mass is 10.1. The van der Waals surface area contributed by atoms with Crippen LogP contribution < -0.4 is 5.32 Å². The number of fused-ring (bicyclic) bond motifs is 1. The molecule has 0 spiro atoms. The number of nitrogens with one attached hydrogen (secondary N) is 2. The van der Waals surface area contributed by atoms with Gasteiger partial charge in [0.25, 0.3) is 0 Å². The number of anilines is 1. The summed E-state index contributed by atoms with van der Waals surface area (Å²) in [6.07, 6.45) is 7.35. The first-order valence-electron chi connectivity index (χ1n) is 7.79. The fraction of sp³-hybridized carbons (Fsp3) is 0.111. The fourth-order valence-corrected chi connectivity index (χ4v) is 2.71. The molecule has 0 fully saturated rings. The van der Waals surface area contributed by atoms with E-state index in [1.165, 1.54) is 0 Å². The van der Waals surface area contributed by atoms with E-state index in [4.69, 9.17) is 10.2 Å². The molecule has 3 heterocycles. The van der Waals surface area contributed by atoms with Gasteiger partial charge in [-0.15, -0.1) is 0 Å². The molecule has 1 aromatic carbocycles. The molecule has 0 unspecified atom stereocenters. The van der Waals surface area contributed by atoms with Crippen molar-refractivity contribution in [2.45, 2.75) is 0 Å². The number of hydrogen-bond acceptors (Lipinski definition) is 5. The van der Waals surface area contributed by atoms with Crippen LogP contribution in [0.15, 0.2) is 49.1 Å². The second-order valence-corrected chi connectivity index (χ2v) is 5.65. The van der Waals surface area contributed by atoms with Crippen molar-refractivity contribution >= 4 is 16.9 Å². The molecule has 3 aromatic heterocycles. The maximum Gasteiger partial charge on any atom is 0.156 e. The molecule has 4 rings (SSSR count). The molecular weight excluding hydrogens is 314 g/mol. The number of H-pyrrole nitrogens is 1. The van der Waals surface area contributed by atoms with E-state index in [1.807, 2.05) is 43.7 Å². The summed E-state index contributed by atoms with van der Waals surface area (Å²) in [4.78, 5) is 12.4. The lowest BCUT2D eigenvalue weighted by Gasteiger charge is -2.04. The average Bonchev–Trinajstić information content (AvgIpc) is 3.26. The van der Waals surface area contributed by atoms with Crippen LogP contribution in [0.3, 0.4) is 0 Å². The largest absolute Gasteiger partial charge is 0.372 e. The van der Waals surface area contributed by atoms with Gasteiger partial charge in [-0.2, -0.15) is 10.4 Å². The normalized spacial score (nSPS) is 10.7. The van der Waals surface area contributed by atoms with Crippen LogP contribution >= 0.6 is 0 Å². The third-order valence-electron chi connectivity index (χ3n) is 3.95. The molecule has 2 N–H and O–H groups in total. The van der Waals surface area contributed by atoms with Gasteiger partial charge in [0, 0.05) is 36.3 Å². The monoisotopic (exact) mass is 329 g/mol. The Morgan fingerprint density at radius 2 is 2.04 bits per heavy atom. The molecule has 0 aliphatic heterocycles. The Morgan fingerprint density at radius 1 is 1.20 bits per heavy atom. The number of nitrogens with zero attached hydrogens (tertiary/aromatic N) is 5. The summed E-state index contributed by atoms with van der Waals surface area (Å²) in [5.74, 6) is 0. The quantitative estimate of drug-likeness (QED) is 0.561. The van der Waals surface area contributed by atoms with Crippen LogP contribution in [0, 0.1) is 11.3 Å². The van der Waals surface area contributed by atoms with Gasteiger partial charge in [-0.3, -0.25) is 4.68 Å². The number of benzene rings is 1. The Morgan fingerprint density at radius 3 is 2.76 bits per heavy atom. The van der Waals surface area contributed by atoms with Gasteiger partial charge in [0.1, 0.15) is 12.1 Å². The summed E-state index contributed by atoms with van der Waals surface area (Å²) >= 11 is 0. The molecule has 25 heavy (non-hydrogen) atoms. The molecule has 4 aromatic rings. The molecule has 7 heteroatoms. The van der Waals surface area contributed by atoms with Crippen LogP contribution in [-0.2, 0) is 7.05 Å². The molecule has 0 atom stereocenters. The number of hydrogen-bond donors (Lipinski definition) is 2. The van der Waals surface area contributed by atoms with Gasteiger partial charge < -0.3 is 10.3 Å². The summed E-state index contributed by atoms with van der Waals surface area (Å²) in [5.41, 5.74) is 6.21. The van der Waals surface area contributed by atoms with Crippen molar-refractivity contribution in [3.63, 3.8) is 0 Å². The lowest BCUT2D eigenvalue weighted by Crippen LogP contribution is -1.97. The highest BCUT2D eigenvalue weighted by atomic mass is 15.2. The topological polar surface area (TPSA) is 95.2 Å². The van der Waals surface area contributed by atoms with E-state index in [1.54, 1.807) is 17.1 Å². The Balaban J connectivity index is 1.73. The van der Waals surface area contributed by atoms with Crippen LogP contribution in [0.1, 0.15) is 0 Å². The van der Waals surface area contributed by atoms with E-state index in [9.17, 15) is 0 Å². The van der Waals surface area contributed by atoms with Crippen LogP contribution in [-0.4, -0.2) is 31.3 Å². The highest BCUT2D eigenvalue weighted by molar-refractivity contribution is 5.91. The third-order valence-corrected chi connectivity index (χ3v) is 3.95. The first kappa shape index (κ1) is 14.9. The van der Waals surface area contributed by atoms with Gasteiger partial charge in [-0.1, -0.05) is 12.1 Å². The van der Waals surface area contributed by atoms with Crippen molar-refractivity contribution in [1.29, 1.82) is 5.26 Å². The minimum absolute atomic E-state index is 0.284. The van der Waals surface area contributed by atoms with Gasteiger partial charge >= 0.3 is 0 Å². The molecule has 0 bridgehead atoms. The van der Waals surface area contributed by atoms with E-state index >= 15 is 0 Å². The summed E-state index contributed by atoms with van der Waals surface area (Å²) in [6.45, 7) is 0.284. The average molecular weight is 329 g/mol. The molecule has 0 aliphatic carbocycles. The SMILES string of the molecule is Cn1cc(-c2cnc3[nH]cc(-c4ccc(NCC#N)cc4)c3n2)cn1. The first-order chi connectivity index (χ1) is 12.2. The number of rotatable bonds is 4. The molecule has 7 nitrogen and oxygen atoms in total. The summed E-state index contributed by atoms with van der Waals surface area (Å²) in [5, 5.41) is 15.9. The maximum absolute atomic E-state index is 8.63. The van der Waals surface area contributed by atoms with Crippen molar-refractivity contribution in [3.05, 3.63) is 49.1 Å². The van der Waals surface area contributed by atoms with Gasteiger partial charge in [-0.25, -0.2) is 9.97 Å². The Bertz CT molecular complexity index is 1070. The van der Waals surface area contributed by atoms with E-state index < -0.39 is 0 Å². The van der Waals surface area contributed by atoms with Crippen molar-refractivity contribution in [2.75, 3.05) is 11.9 Å². The lowest BCUT2D eigenvalue weighted by molar-refractivity contribution is 0.768. The van der Waals surface area contributed by atoms with Gasteiger partial charge in [0.15, 0.2) is 5.65 Å². The molecule has 0 aliphatic rings. The number of nitriles is 1. The van der Waals surface area contributed by atoms with Crippen molar-refractivity contribution < 1.29 is 0 Å². The standard InChI is InChI=1S/C18H15N7/c1-25-11-13(8-23-25)16-10-22-18-17(24-16)15(9-21-18)12-2-4-14(5-3-12)20-7-6-19/h2-5,8-11,20H,7H2,1H3,(H,21,22). The molecule has 0 saturated carbocycles. The first-order valence-corrected chi connectivity index (χ1v) is 7.79. The van der Waals surface area contributed by atoms with Crippen LogP contribution in [0.25, 0.3) is 33.5 Å². The maximum atomic E-state index is 8.63. The zero-order chi connectivity index (χ0) is 17.2. The smallest absolute Gasteiger partial charge is 0.156 e. The van der Waals surface area contributed by atoms with E-state index in [0.29, 0.717) is 0 Å². The minimum Gasteiger partial charge on any atom is -0.372 e. The molecule has 0 amide bonds. The van der Waals surface area contributed by atoms with E-state index in [0.717, 1.165) is 39.2 Å². The Hall–Kier alpha value is -3.66. The number of aromatic nitrogens is 5. The predicted octanol–water partition coefficient (Wildman–Crippen LogP) is 2.96. The number of aromatic amines is 1. The van der Waals surface area contributed by atoms with Gasteiger partial charge in [0.05, 0.1) is 24.2 Å². The Labute approximate surface area is 144 Å². The molecule has 0 saturated heterocycles. The number of aryl methyl sites for hydroxylation is 1. The van der Waals surface area contributed by atoms with E-state index in [2.05, 4.69) is 26.5 Å². The van der Waals surface area contributed by atoms with Crippen LogP contribution in [0.2, 0.25) is 0 Å². The van der Waals surface area contributed by atoms with E-state index in [-0.39, 0.29) is 6.54 Å². The second kappa shape index (κ2) is 6.09. The van der Waals surface area contributed by atoms with Crippen LogP contribution in [0.4, 0.5) is 5.69 Å². The molecule has 0 radical (unpaired) electrons. The predicted molar refractivity (Wildman–Crippen MR) is 95.6 cm³/mol. The summed E-state index contributed by atoms with van der Waals surface area (Å²) in [6, 6.07) is 9.96. The molecular formula is C18H15N7. The third kappa shape index (κ3) is 2.81. The van der Waals surface area contributed by atoms with Gasteiger partial charge in [-0.05, 0) is 17.7 Å². The zero-order valence-electron chi connectivity index (χ0n) is 13.6. The van der Waals surface area contributed by atoms with Crippen molar-refractivity contribution in [2.24, 2.45) is 7.05 Å². The fourth-order valence-electron chi connectivity index (χ4n) is 2.71. The van der Waals surface area contributed by atoms with Gasteiger partial charge in [0.2, 0.25) is 0 Å². The second-order valence-electron chi connectivity index (χ2n) is 5.65. The van der Waals surface area contributed by atoms with Crippen molar-refractivity contribution in [1.82, 2.24) is 24.7 Å². The highest BCUT2D eigenvalue weighted by Gasteiger charge is 2.11. The minimum atomic E-state index is 0.284.